The first kappa shape index (κ1) is 29.4. The fraction of sp³-hybridized carbons (Fsp3) is 0.469. The summed E-state index contributed by atoms with van der Waals surface area (Å²) in [6.07, 6.45) is 2.29. The van der Waals surface area contributed by atoms with Crippen molar-refractivity contribution in [2.45, 2.75) is 57.3 Å². The summed E-state index contributed by atoms with van der Waals surface area (Å²) in [4.78, 5) is 14.3. The fourth-order valence-electron chi connectivity index (χ4n) is 7.33. The molecule has 12 heteroatoms. The van der Waals surface area contributed by atoms with Gasteiger partial charge in [-0.25, -0.2) is 8.78 Å². The summed E-state index contributed by atoms with van der Waals surface area (Å²) in [6, 6.07) is 7.36. The van der Waals surface area contributed by atoms with Crippen molar-refractivity contribution in [1.29, 1.82) is 5.26 Å². The molecule has 0 spiro atoms. The summed E-state index contributed by atoms with van der Waals surface area (Å²) in [6.45, 7) is 7.49. The Labute approximate surface area is 263 Å². The number of rotatable bonds is 5. The zero-order chi connectivity index (χ0) is 30.7. The van der Waals surface area contributed by atoms with Crippen LogP contribution in [0.5, 0.6) is 6.01 Å². The minimum absolute atomic E-state index is 0.136. The van der Waals surface area contributed by atoms with E-state index in [1.807, 2.05) is 13.0 Å². The van der Waals surface area contributed by atoms with E-state index in [1.165, 1.54) is 6.07 Å². The van der Waals surface area contributed by atoms with E-state index in [-0.39, 0.29) is 28.2 Å². The van der Waals surface area contributed by atoms with E-state index < -0.39 is 12.0 Å². The second-order valence-corrected chi connectivity index (χ2v) is 13.6. The van der Waals surface area contributed by atoms with Crippen molar-refractivity contribution < 1.29 is 18.3 Å². The van der Waals surface area contributed by atoms with Gasteiger partial charge in [0.2, 0.25) is 0 Å². The maximum atomic E-state index is 14.9. The van der Waals surface area contributed by atoms with Crippen LogP contribution in [-0.2, 0) is 4.74 Å². The van der Waals surface area contributed by atoms with Crippen LogP contribution in [0, 0.1) is 24.1 Å². The van der Waals surface area contributed by atoms with Crippen molar-refractivity contribution in [2.24, 2.45) is 0 Å². The number of nitrogen functional groups attached to an aromatic ring is 1. The summed E-state index contributed by atoms with van der Waals surface area (Å²) < 4.78 is 41.9. The zero-order valence-electron chi connectivity index (χ0n) is 24.6. The van der Waals surface area contributed by atoms with Crippen molar-refractivity contribution in [3.63, 3.8) is 0 Å². The van der Waals surface area contributed by atoms with Crippen LogP contribution in [0.3, 0.4) is 0 Å². The summed E-state index contributed by atoms with van der Waals surface area (Å²) in [7, 11) is 0. The van der Waals surface area contributed by atoms with Crippen LogP contribution < -0.4 is 15.4 Å². The van der Waals surface area contributed by atoms with Crippen molar-refractivity contribution >= 4 is 54.7 Å². The van der Waals surface area contributed by atoms with Crippen LogP contribution in [-0.4, -0.2) is 72.1 Å². The first-order chi connectivity index (χ1) is 21.2. The smallest absolute Gasteiger partial charge is 0.319 e. The highest BCUT2D eigenvalue weighted by Gasteiger charge is 2.49. The number of alkyl halides is 1. The number of nitrogens with two attached hydrogens (primary N) is 1. The Hall–Kier alpha value is -3.30. The van der Waals surface area contributed by atoms with Gasteiger partial charge in [0, 0.05) is 53.5 Å². The molecular weight excluding hydrogens is 606 g/mol. The molecule has 0 radical (unpaired) electrons. The monoisotopic (exact) mass is 638 g/mol. The molecule has 2 N–H and O–H groups in total. The summed E-state index contributed by atoms with van der Waals surface area (Å²) >= 11 is 8.10. The molecule has 3 saturated heterocycles. The van der Waals surface area contributed by atoms with E-state index in [4.69, 9.17) is 36.8 Å². The molecule has 3 aliphatic rings. The summed E-state index contributed by atoms with van der Waals surface area (Å²) in [5.41, 5.74) is 8.64. The number of aromatic nitrogens is 2. The maximum absolute atomic E-state index is 14.9. The van der Waals surface area contributed by atoms with Gasteiger partial charge in [0.05, 0.1) is 27.9 Å². The molecule has 8 nitrogen and oxygen atoms in total. The quantitative estimate of drug-likeness (QED) is 0.260. The van der Waals surface area contributed by atoms with Gasteiger partial charge in [-0.3, -0.25) is 4.90 Å². The third-order valence-corrected chi connectivity index (χ3v) is 10.9. The number of anilines is 2. The molecule has 0 bridgehead atoms. The molecule has 4 aromatic rings. The minimum atomic E-state index is -0.867. The topological polar surface area (TPSA) is 101 Å². The predicted octanol–water partition coefficient (Wildman–Crippen LogP) is 6.64. The molecule has 2 aromatic carbocycles. The molecule has 2 aromatic heterocycles. The number of nitrogens with zero attached hydrogens (tertiary/aromatic N) is 5. The highest BCUT2D eigenvalue weighted by atomic mass is 35.5. The molecule has 0 saturated carbocycles. The number of nitriles is 1. The van der Waals surface area contributed by atoms with Gasteiger partial charge in [0.25, 0.3) is 0 Å². The Kier molecular flexibility index (Phi) is 7.52. The second-order valence-electron chi connectivity index (χ2n) is 12.1. The number of hydrogen-bond donors (Lipinski definition) is 1. The van der Waals surface area contributed by atoms with Crippen molar-refractivity contribution in [1.82, 2.24) is 14.9 Å². The van der Waals surface area contributed by atoms with Crippen LogP contribution >= 0.6 is 22.9 Å². The molecule has 0 unspecified atom stereocenters. The number of hydrogen-bond acceptors (Lipinski definition) is 9. The van der Waals surface area contributed by atoms with E-state index in [2.05, 4.69) is 22.8 Å². The van der Waals surface area contributed by atoms with E-state index in [0.717, 1.165) is 48.1 Å². The molecule has 230 valence electrons. The van der Waals surface area contributed by atoms with Gasteiger partial charge in [-0.1, -0.05) is 17.7 Å². The molecule has 3 fully saturated rings. The van der Waals surface area contributed by atoms with E-state index >= 15 is 0 Å². The first-order valence-corrected chi connectivity index (χ1v) is 16.2. The molecule has 44 heavy (non-hydrogen) atoms. The molecule has 3 aliphatic heterocycles. The Bertz CT molecular complexity index is 1830. The summed E-state index contributed by atoms with van der Waals surface area (Å²) in [5.74, 6) is 0.244. The van der Waals surface area contributed by atoms with Gasteiger partial charge in [-0.15, -0.1) is 11.3 Å². The molecule has 0 amide bonds. The van der Waals surface area contributed by atoms with Gasteiger partial charge >= 0.3 is 6.01 Å². The average Bonchev–Trinajstić information content (AvgIpc) is 3.58. The van der Waals surface area contributed by atoms with Gasteiger partial charge < -0.3 is 20.1 Å². The van der Waals surface area contributed by atoms with E-state index in [0.29, 0.717) is 76.9 Å². The lowest BCUT2D eigenvalue weighted by molar-refractivity contribution is 0.107. The predicted molar refractivity (Wildman–Crippen MR) is 170 cm³/mol. The Morgan fingerprint density at radius 3 is 2.95 bits per heavy atom. The Balaban J connectivity index is 1.41. The average molecular weight is 639 g/mol. The highest BCUT2D eigenvalue weighted by Crippen LogP contribution is 2.46. The third-order valence-electron chi connectivity index (χ3n) is 9.54. The Morgan fingerprint density at radius 2 is 2.14 bits per heavy atom. The molecule has 3 atom stereocenters. The summed E-state index contributed by atoms with van der Waals surface area (Å²) in [5, 5.41) is 11.8. The van der Waals surface area contributed by atoms with Gasteiger partial charge in [-0.05, 0) is 62.9 Å². The van der Waals surface area contributed by atoms with Gasteiger partial charge in [0.1, 0.15) is 35.5 Å². The van der Waals surface area contributed by atoms with Gasteiger partial charge in [-0.2, -0.15) is 15.2 Å². The second kappa shape index (κ2) is 11.2. The number of ether oxygens (including phenoxy) is 2. The lowest BCUT2D eigenvalue weighted by Gasteiger charge is -2.32. The van der Waals surface area contributed by atoms with Crippen LogP contribution in [0.25, 0.3) is 32.1 Å². The van der Waals surface area contributed by atoms with Crippen LogP contribution in [0.4, 0.5) is 19.6 Å². The standard InChI is InChI=1S/C32H33ClF2N6O2S/c1-17-6-10-42-11-9-41(17)30-21-12-23(33)25(20-4-5-24(35)28-26(20)22(14-36)29(37)44-28)18(2)27(21)38-31(39-30)43-16-32-7-3-8-40(32)15-19(34)13-32/h4-5,12,17,19H,3,6-11,13,15-16,37H2,1-2H3/t17-,19+,32-/m0/s1. The first-order valence-electron chi connectivity index (χ1n) is 15.0. The number of aryl methyl sites for hydroxylation is 1. The largest absolute Gasteiger partial charge is 0.461 e. The number of benzene rings is 2. The van der Waals surface area contributed by atoms with Crippen LogP contribution in [0.1, 0.15) is 43.7 Å². The normalized spacial score (nSPS) is 24.1. The maximum Gasteiger partial charge on any atom is 0.319 e. The lowest BCUT2D eigenvalue weighted by Crippen LogP contribution is -2.43. The lowest BCUT2D eigenvalue weighted by atomic mass is 9.93. The molecule has 7 rings (SSSR count). The minimum Gasteiger partial charge on any atom is -0.461 e. The molecule has 5 heterocycles. The zero-order valence-corrected chi connectivity index (χ0v) is 26.2. The SMILES string of the molecule is Cc1c(-c2ccc(F)c3sc(N)c(C#N)c23)c(Cl)cc2c(N3CCOCC[C@@H]3C)nc(OC[C@@]34CCCN3C[C@H](F)C4)nc12. The number of thiophene rings is 1. The van der Waals surface area contributed by atoms with Gasteiger partial charge in [0.15, 0.2) is 0 Å². The van der Waals surface area contributed by atoms with Crippen molar-refractivity contribution in [2.75, 3.05) is 50.1 Å². The highest BCUT2D eigenvalue weighted by molar-refractivity contribution is 7.23. The van der Waals surface area contributed by atoms with Crippen molar-refractivity contribution in [3.8, 4) is 23.2 Å². The van der Waals surface area contributed by atoms with Crippen molar-refractivity contribution in [3.05, 3.63) is 40.2 Å². The molecular formula is C32H33ClF2N6O2S. The molecule has 0 aliphatic carbocycles. The third kappa shape index (κ3) is 4.74. The Morgan fingerprint density at radius 1 is 1.30 bits per heavy atom. The number of fused-ring (bicyclic) bond motifs is 3. The fourth-order valence-corrected chi connectivity index (χ4v) is 8.63. The van der Waals surface area contributed by atoms with Crippen LogP contribution in [0.2, 0.25) is 5.02 Å². The number of halogens is 3. The van der Waals surface area contributed by atoms with E-state index in [9.17, 15) is 14.0 Å². The van der Waals surface area contributed by atoms with E-state index in [1.54, 1.807) is 6.07 Å². The van der Waals surface area contributed by atoms with Crippen LogP contribution in [0.15, 0.2) is 18.2 Å².